The summed E-state index contributed by atoms with van der Waals surface area (Å²) in [7, 11) is 2.39. The van der Waals surface area contributed by atoms with Crippen molar-refractivity contribution in [2.45, 2.75) is 4.90 Å². The maximum atomic E-state index is 10.9. The molecule has 0 N–H and O–H groups in total. The molecule has 0 aliphatic carbocycles. The molecule has 11 heavy (non-hydrogen) atoms. The summed E-state index contributed by atoms with van der Waals surface area (Å²) < 4.78 is 10.9. The fourth-order valence-corrected chi connectivity index (χ4v) is 1.47. The molecule has 0 saturated carbocycles. The Balaban J connectivity index is 3.00. The van der Waals surface area contributed by atoms with Gasteiger partial charge in [-0.2, -0.15) is 0 Å². The highest BCUT2D eigenvalue weighted by Gasteiger charge is 1.94. The van der Waals surface area contributed by atoms with E-state index in [0.717, 1.165) is 10.5 Å². The van der Waals surface area contributed by atoms with Crippen molar-refractivity contribution in [2.75, 3.05) is 6.26 Å². The van der Waals surface area contributed by atoms with Crippen molar-refractivity contribution in [3.8, 4) is 0 Å². The lowest BCUT2D eigenvalue weighted by atomic mass is 10.2. The predicted molar refractivity (Wildman–Crippen MR) is 52.3 cm³/mol. The van der Waals surface area contributed by atoms with Crippen LogP contribution in [-0.4, -0.2) is 16.3 Å². The fraction of sp³-hybridized carbons (Fsp3) is 0.125. The number of benzene rings is 1. The van der Waals surface area contributed by atoms with E-state index >= 15 is 0 Å². The molecule has 1 unspecified atom stereocenters. The molecule has 0 fully saturated rings. The Kier molecular flexibility index (Phi) is 2.98. The van der Waals surface area contributed by atoms with E-state index in [1.807, 2.05) is 30.1 Å². The van der Waals surface area contributed by atoms with Gasteiger partial charge in [0.1, 0.15) is 0 Å². The molecule has 0 saturated heterocycles. The summed E-state index contributed by atoms with van der Waals surface area (Å²) in [6.45, 7) is 0. The van der Waals surface area contributed by atoms with E-state index < -0.39 is 10.8 Å². The summed E-state index contributed by atoms with van der Waals surface area (Å²) in [4.78, 5) is 0.863. The topological polar surface area (TPSA) is 17.1 Å². The Morgan fingerprint density at radius 3 is 2.27 bits per heavy atom. The largest absolute Gasteiger partial charge is 0.255 e. The Labute approximate surface area is 71.1 Å². The minimum absolute atomic E-state index is 0.863. The lowest BCUT2D eigenvalue weighted by Gasteiger charge is -1.95. The van der Waals surface area contributed by atoms with Crippen molar-refractivity contribution >= 4 is 25.5 Å². The Morgan fingerprint density at radius 2 is 1.91 bits per heavy atom. The molecule has 0 aliphatic heterocycles. The van der Waals surface area contributed by atoms with E-state index in [4.69, 9.17) is 0 Å². The quantitative estimate of drug-likeness (QED) is 0.639. The molecule has 1 aromatic carbocycles. The van der Waals surface area contributed by atoms with Crippen LogP contribution >= 0.6 is 8.86 Å². The van der Waals surface area contributed by atoms with Crippen LogP contribution in [0.3, 0.4) is 0 Å². The second kappa shape index (κ2) is 3.80. The second-order valence-corrected chi connectivity index (χ2v) is 3.84. The molecule has 0 amide bonds. The number of hydrogen-bond acceptors (Lipinski definition) is 1. The Morgan fingerprint density at radius 1 is 1.36 bits per heavy atom. The highest BCUT2D eigenvalue weighted by molar-refractivity contribution is 7.84. The molecular weight excluding hydrogens is 175 g/mol. The molecule has 1 rings (SSSR count). The normalized spacial score (nSPS) is 12.5. The minimum atomic E-state index is -0.869. The molecular formula is C8H9OPS. The van der Waals surface area contributed by atoms with E-state index in [1.54, 1.807) is 6.26 Å². The van der Waals surface area contributed by atoms with Gasteiger partial charge in [0.25, 0.3) is 0 Å². The van der Waals surface area contributed by atoms with Crippen LogP contribution in [0.2, 0.25) is 0 Å². The average Bonchev–Trinajstić information content (AvgIpc) is 2.05. The van der Waals surface area contributed by atoms with Gasteiger partial charge in [0.05, 0.1) is 0 Å². The van der Waals surface area contributed by atoms with Gasteiger partial charge in [0, 0.05) is 22.0 Å². The first kappa shape index (κ1) is 8.63. The molecule has 1 atom stereocenters. The van der Waals surface area contributed by atoms with Crippen molar-refractivity contribution in [3.63, 3.8) is 0 Å². The van der Waals surface area contributed by atoms with Crippen molar-refractivity contribution in [1.29, 1.82) is 0 Å². The van der Waals surface area contributed by atoms with Gasteiger partial charge < -0.3 is 0 Å². The fourth-order valence-electron chi connectivity index (χ4n) is 0.756. The summed E-state index contributed by atoms with van der Waals surface area (Å²) in [5.74, 6) is 1.82. The SMILES string of the molecule is CS(=O)c1ccc(C=P)cc1. The zero-order valence-electron chi connectivity index (χ0n) is 6.20. The summed E-state index contributed by atoms with van der Waals surface area (Å²) >= 11 is 0. The number of hydrogen-bond donors (Lipinski definition) is 0. The maximum Gasteiger partial charge on any atom is 0.0498 e. The Hall–Kier alpha value is -0.460. The zero-order chi connectivity index (χ0) is 8.27. The Bertz CT molecular complexity index is 279. The van der Waals surface area contributed by atoms with E-state index in [0.29, 0.717) is 0 Å². The molecule has 3 heteroatoms. The lowest BCUT2D eigenvalue weighted by Crippen LogP contribution is -1.86. The molecule has 0 aromatic heterocycles. The minimum Gasteiger partial charge on any atom is -0.255 e. The van der Waals surface area contributed by atoms with Crippen molar-refractivity contribution in [2.24, 2.45) is 0 Å². The van der Waals surface area contributed by atoms with Crippen LogP contribution in [-0.2, 0) is 10.8 Å². The molecule has 58 valence electrons. The standard InChI is InChI=1S/C8H9OPS/c1-11(9)8-4-2-7(6-10)3-5-8/h2-6,10H,1H3. The second-order valence-electron chi connectivity index (χ2n) is 2.17. The lowest BCUT2D eigenvalue weighted by molar-refractivity contribution is 0.687. The van der Waals surface area contributed by atoms with Crippen LogP contribution in [0.25, 0.3) is 0 Å². The van der Waals surface area contributed by atoms with Gasteiger partial charge in [-0.1, -0.05) is 12.1 Å². The highest BCUT2D eigenvalue weighted by atomic mass is 32.2. The smallest absolute Gasteiger partial charge is 0.0498 e. The first-order valence-corrected chi connectivity index (χ1v) is 5.31. The van der Waals surface area contributed by atoms with Crippen LogP contribution in [0.15, 0.2) is 29.2 Å². The monoisotopic (exact) mass is 184 g/mol. The zero-order valence-corrected chi connectivity index (χ0v) is 8.02. The summed E-state index contributed by atoms with van der Waals surface area (Å²) in [5, 5.41) is 0. The van der Waals surface area contributed by atoms with E-state index in [2.05, 4.69) is 8.86 Å². The predicted octanol–water partition coefficient (Wildman–Crippen LogP) is 1.72. The molecule has 0 heterocycles. The van der Waals surface area contributed by atoms with Crippen LogP contribution in [0.1, 0.15) is 5.56 Å². The third-order valence-corrected chi connectivity index (χ3v) is 2.65. The summed E-state index contributed by atoms with van der Waals surface area (Å²) in [6, 6.07) is 7.57. The molecule has 0 radical (unpaired) electrons. The van der Waals surface area contributed by atoms with Crippen molar-refractivity contribution in [1.82, 2.24) is 0 Å². The van der Waals surface area contributed by atoms with Gasteiger partial charge in [-0.25, -0.2) is 0 Å². The summed E-state index contributed by atoms with van der Waals surface area (Å²) in [5.41, 5.74) is 1.08. The molecule has 0 bridgehead atoms. The first-order valence-electron chi connectivity index (χ1n) is 3.18. The van der Waals surface area contributed by atoms with E-state index in [9.17, 15) is 4.21 Å². The van der Waals surface area contributed by atoms with Crippen LogP contribution in [0.5, 0.6) is 0 Å². The molecule has 1 aromatic rings. The van der Waals surface area contributed by atoms with Gasteiger partial charge in [-0.15, -0.1) is 8.86 Å². The molecule has 0 aliphatic rings. The van der Waals surface area contributed by atoms with Crippen LogP contribution < -0.4 is 0 Å². The van der Waals surface area contributed by atoms with E-state index in [1.165, 1.54) is 0 Å². The van der Waals surface area contributed by atoms with Crippen molar-refractivity contribution < 1.29 is 4.21 Å². The average molecular weight is 184 g/mol. The van der Waals surface area contributed by atoms with Gasteiger partial charge in [-0.3, -0.25) is 4.21 Å². The molecule has 1 nitrogen and oxygen atoms in total. The van der Waals surface area contributed by atoms with Crippen molar-refractivity contribution in [3.05, 3.63) is 29.8 Å². The van der Waals surface area contributed by atoms with Gasteiger partial charge in [0.15, 0.2) is 0 Å². The van der Waals surface area contributed by atoms with Gasteiger partial charge in [0.2, 0.25) is 0 Å². The first-order chi connectivity index (χ1) is 5.24. The van der Waals surface area contributed by atoms with Crippen LogP contribution in [0.4, 0.5) is 0 Å². The molecule has 0 spiro atoms. The third kappa shape index (κ3) is 2.25. The maximum absolute atomic E-state index is 10.9. The van der Waals surface area contributed by atoms with Gasteiger partial charge in [-0.05, 0) is 23.5 Å². The number of rotatable bonds is 2. The highest BCUT2D eigenvalue weighted by Crippen LogP contribution is 2.05. The van der Waals surface area contributed by atoms with E-state index in [-0.39, 0.29) is 0 Å². The van der Waals surface area contributed by atoms with Gasteiger partial charge >= 0.3 is 0 Å². The third-order valence-electron chi connectivity index (χ3n) is 1.38. The van der Waals surface area contributed by atoms with Crippen LogP contribution in [0, 0.1) is 0 Å². The summed E-state index contributed by atoms with van der Waals surface area (Å²) in [6.07, 6.45) is 1.67.